The molecule has 2 aromatic rings. The summed E-state index contributed by atoms with van der Waals surface area (Å²) in [7, 11) is -2.88. The lowest BCUT2D eigenvalue weighted by molar-refractivity contribution is -0.137. The van der Waals surface area contributed by atoms with Gasteiger partial charge in [0.15, 0.2) is 0 Å². The molecule has 2 atom stereocenters. The summed E-state index contributed by atoms with van der Waals surface area (Å²) in [5, 5.41) is 6.04. The van der Waals surface area contributed by atoms with Crippen molar-refractivity contribution >= 4 is 33.8 Å². The molecule has 1 saturated carbocycles. The van der Waals surface area contributed by atoms with E-state index in [4.69, 9.17) is 0 Å². The van der Waals surface area contributed by atoms with Crippen LogP contribution in [0.3, 0.4) is 0 Å². The van der Waals surface area contributed by atoms with Crippen LogP contribution in [0.1, 0.15) is 46.7 Å². The number of hydrogen-bond donors (Lipinski definition) is 2. The first-order chi connectivity index (χ1) is 14.6. The van der Waals surface area contributed by atoms with Crippen molar-refractivity contribution in [3.05, 3.63) is 65.2 Å². The van der Waals surface area contributed by atoms with Crippen molar-refractivity contribution in [2.75, 3.05) is 16.8 Å². The van der Waals surface area contributed by atoms with Gasteiger partial charge in [-0.2, -0.15) is 13.2 Å². The summed E-state index contributed by atoms with van der Waals surface area (Å²) in [6.45, 7) is 0. The third kappa shape index (κ3) is 6.02. The first-order valence-electron chi connectivity index (χ1n) is 10.2. The Morgan fingerprint density at radius 1 is 1.00 bits per heavy atom. The Labute approximate surface area is 191 Å². The molecule has 0 radical (unpaired) electrons. The number of alkyl halides is 3. The molecule has 0 aromatic heterocycles. The van der Waals surface area contributed by atoms with Crippen molar-refractivity contribution in [1.82, 2.24) is 5.32 Å². The molecule has 32 heavy (non-hydrogen) atoms. The number of anilines is 1. The monoisotopic (exact) mass is 488 g/mol. The highest BCUT2D eigenvalue weighted by Crippen LogP contribution is 2.41. The lowest BCUT2D eigenvalue weighted by Gasteiger charge is -2.23. The van der Waals surface area contributed by atoms with Gasteiger partial charge in [0.2, 0.25) is 0 Å². The summed E-state index contributed by atoms with van der Waals surface area (Å²) in [6.07, 6.45) is -2.23. The summed E-state index contributed by atoms with van der Waals surface area (Å²) in [4.78, 5) is 12.4. The number of nitrogens with one attached hydrogen (secondary N) is 2. The SMILES string of the molecule is Cl.O=C(Nc1cccc(C(F)(F)F)c1)c1ccc([C@@H]2C[C@H]2NC2CCS(=O)(=O)CC2)cc1. The molecule has 4 rings (SSSR count). The first-order valence-corrected chi connectivity index (χ1v) is 12.0. The van der Waals surface area contributed by atoms with E-state index in [1.165, 1.54) is 12.1 Å². The van der Waals surface area contributed by atoms with Gasteiger partial charge >= 0.3 is 6.18 Å². The highest BCUT2D eigenvalue weighted by atomic mass is 35.5. The Balaban J connectivity index is 0.00000289. The quantitative estimate of drug-likeness (QED) is 0.654. The number of halogens is 4. The number of rotatable bonds is 5. The molecule has 174 valence electrons. The summed E-state index contributed by atoms with van der Waals surface area (Å²) < 4.78 is 61.5. The summed E-state index contributed by atoms with van der Waals surface area (Å²) in [5.41, 5.74) is 0.716. The number of amides is 1. The van der Waals surface area contributed by atoms with E-state index >= 15 is 0 Å². The Morgan fingerprint density at radius 3 is 2.28 bits per heavy atom. The van der Waals surface area contributed by atoms with Crippen LogP contribution < -0.4 is 10.6 Å². The minimum atomic E-state index is -4.47. The molecule has 1 amide bonds. The number of carbonyl (C=O) groups excluding carboxylic acids is 1. The van der Waals surface area contributed by atoms with Crippen LogP contribution >= 0.6 is 12.4 Å². The van der Waals surface area contributed by atoms with E-state index in [0.29, 0.717) is 30.4 Å². The van der Waals surface area contributed by atoms with Crippen LogP contribution in [0.4, 0.5) is 18.9 Å². The predicted octanol–water partition coefficient (Wildman–Crippen LogP) is 4.40. The largest absolute Gasteiger partial charge is 0.416 e. The van der Waals surface area contributed by atoms with Crippen LogP contribution in [0.5, 0.6) is 0 Å². The van der Waals surface area contributed by atoms with Gasteiger partial charge in [0.05, 0.1) is 17.1 Å². The van der Waals surface area contributed by atoms with Crippen molar-refractivity contribution < 1.29 is 26.4 Å². The van der Waals surface area contributed by atoms with Gasteiger partial charge in [-0.05, 0) is 55.2 Å². The number of sulfone groups is 1. The van der Waals surface area contributed by atoms with Crippen molar-refractivity contribution in [2.24, 2.45) is 0 Å². The van der Waals surface area contributed by atoms with Crippen LogP contribution in [0, 0.1) is 0 Å². The Bertz CT molecular complexity index is 1060. The lowest BCUT2D eigenvalue weighted by atomic mass is 10.1. The Hall–Kier alpha value is -2.10. The molecule has 2 fully saturated rings. The van der Waals surface area contributed by atoms with Crippen molar-refractivity contribution in [3.63, 3.8) is 0 Å². The molecule has 2 aromatic carbocycles. The Morgan fingerprint density at radius 2 is 1.66 bits per heavy atom. The zero-order valence-corrected chi connectivity index (χ0v) is 18.7. The molecule has 1 aliphatic heterocycles. The van der Waals surface area contributed by atoms with Crippen molar-refractivity contribution in [3.8, 4) is 0 Å². The van der Waals surface area contributed by atoms with E-state index in [9.17, 15) is 26.4 Å². The fraction of sp³-hybridized carbons (Fsp3) is 0.409. The summed E-state index contributed by atoms with van der Waals surface area (Å²) >= 11 is 0. The standard InChI is InChI=1S/C22H23F3N2O3S.ClH/c23-22(24,25)16-2-1-3-18(12-16)27-21(28)15-6-4-14(5-7-15)19-13-20(19)26-17-8-10-31(29,30)11-9-17;/h1-7,12,17,19-20,26H,8-11,13H2,(H,27,28);1H/t19-,20+;/m0./s1. The maximum absolute atomic E-state index is 12.8. The molecule has 1 saturated heterocycles. The van der Waals surface area contributed by atoms with Gasteiger partial charge in [0, 0.05) is 29.3 Å². The third-order valence-electron chi connectivity index (χ3n) is 5.84. The van der Waals surface area contributed by atoms with Gasteiger partial charge in [-0.1, -0.05) is 18.2 Å². The van der Waals surface area contributed by atoms with Gasteiger partial charge < -0.3 is 10.6 Å². The minimum absolute atomic E-state index is 0. The van der Waals surface area contributed by atoms with Gasteiger partial charge in [-0.15, -0.1) is 12.4 Å². The molecule has 1 aliphatic carbocycles. The molecular weight excluding hydrogens is 465 g/mol. The molecule has 10 heteroatoms. The third-order valence-corrected chi connectivity index (χ3v) is 7.56. The maximum atomic E-state index is 12.8. The summed E-state index contributed by atoms with van der Waals surface area (Å²) in [6, 6.07) is 12.1. The lowest BCUT2D eigenvalue weighted by Crippen LogP contribution is -2.39. The smallest absolute Gasteiger partial charge is 0.322 e. The Kier molecular flexibility index (Phi) is 7.21. The molecule has 2 N–H and O–H groups in total. The highest BCUT2D eigenvalue weighted by molar-refractivity contribution is 7.91. The van der Waals surface area contributed by atoms with Gasteiger partial charge in [-0.3, -0.25) is 4.79 Å². The molecular formula is C22H24ClF3N2O3S. The van der Waals surface area contributed by atoms with Crippen LogP contribution in [-0.2, 0) is 16.0 Å². The molecule has 0 spiro atoms. The fourth-order valence-corrected chi connectivity index (χ4v) is 5.46. The average molecular weight is 489 g/mol. The van der Waals surface area contributed by atoms with E-state index in [1.807, 2.05) is 12.1 Å². The maximum Gasteiger partial charge on any atom is 0.416 e. The molecule has 2 aliphatic rings. The average Bonchev–Trinajstić information content (AvgIpc) is 3.48. The normalized spacial score (nSPS) is 22.6. The number of carbonyl (C=O) groups is 1. The summed E-state index contributed by atoms with van der Waals surface area (Å²) in [5.74, 6) is 0.314. The van der Waals surface area contributed by atoms with Crippen LogP contribution in [0.25, 0.3) is 0 Å². The zero-order chi connectivity index (χ0) is 22.2. The van der Waals surface area contributed by atoms with Crippen molar-refractivity contribution in [1.29, 1.82) is 0 Å². The number of hydrogen-bond acceptors (Lipinski definition) is 4. The molecule has 0 bridgehead atoms. The van der Waals surface area contributed by atoms with E-state index < -0.39 is 27.5 Å². The van der Waals surface area contributed by atoms with Gasteiger partial charge in [0.25, 0.3) is 5.91 Å². The second kappa shape index (κ2) is 9.41. The van der Waals surface area contributed by atoms with Gasteiger partial charge in [0.1, 0.15) is 9.84 Å². The van der Waals surface area contributed by atoms with Crippen LogP contribution in [-0.4, -0.2) is 37.9 Å². The highest BCUT2D eigenvalue weighted by Gasteiger charge is 2.40. The van der Waals surface area contributed by atoms with Crippen LogP contribution in [0.15, 0.2) is 48.5 Å². The van der Waals surface area contributed by atoms with Gasteiger partial charge in [-0.25, -0.2) is 8.42 Å². The first kappa shape index (κ1) is 24.5. The predicted molar refractivity (Wildman–Crippen MR) is 119 cm³/mol. The zero-order valence-electron chi connectivity index (χ0n) is 17.1. The minimum Gasteiger partial charge on any atom is -0.322 e. The van der Waals surface area contributed by atoms with E-state index in [1.54, 1.807) is 12.1 Å². The van der Waals surface area contributed by atoms with E-state index in [-0.39, 0.29) is 35.6 Å². The second-order valence-corrected chi connectivity index (χ2v) is 10.5. The molecule has 5 nitrogen and oxygen atoms in total. The van der Waals surface area contributed by atoms with E-state index in [2.05, 4.69) is 10.6 Å². The molecule has 1 heterocycles. The second-order valence-electron chi connectivity index (χ2n) is 8.20. The van der Waals surface area contributed by atoms with Crippen molar-refractivity contribution in [2.45, 2.75) is 43.4 Å². The van der Waals surface area contributed by atoms with E-state index in [0.717, 1.165) is 24.1 Å². The topological polar surface area (TPSA) is 75.3 Å². The van der Waals surface area contributed by atoms with Crippen LogP contribution in [0.2, 0.25) is 0 Å². The fourth-order valence-electron chi connectivity index (χ4n) is 3.97. The number of benzene rings is 2. The molecule has 0 unspecified atom stereocenters.